The van der Waals surface area contributed by atoms with E-state index in [9.17, 15) is 18.0 Å². The molecule has 2 aromatic carbocycles. The summed E-state index contributed by atoms with van der Waals surface area (Å²) in [7, 11) is 1.83. The summed E-state index contributed by atoms with van der Waals surface area (Å²) in [6, 6.07) is 14.3. The van der Waals surface area contributed by atoms with Gasteiger partial charge in [0.2, 0.25) is 0 Å². The summed E-state index contributed by atoms with van der Waals surface area (Å²) < 4.78 is 47.8. The number of carbonyl (C=O) groups excluding carboxylic acids is 1. The molecule has 0 spiro atoms. The van der Waals surface area contributed by atoms with Crippen molar-refractivity contribution >= 4 is 17.4 Å². The molecule has 0 N–H and O–H groups in total. The first-order valence-corrected chi connectivity index (χ1v) is 10.3. The molecule has 6 nitrogen and oxygen atoms in total. The maximum Gasteiger partial charge on any atom is 0.358 e. The molecule has 2 aromatic heterocycles. The summed E-state index contributed by atoms with van der Waals surface area (Å²) in [5, 5.41) is 4.34. The minimum atomic E-state index is -1.55. The van der Waals surface area contributed by atoms with Crippen molar-refractivity contribution in [3.05, 3.63) is 83.3 Å². The Hall–Kier alpha value is -3.88. The third-order valence-corrected chi connectivity index (χ3v) is 5.40. The highest BCUT2D eigenvalue weighted by Crippen LogP contribution is 2.31. The van der Waals surface area contributed by atoms with E-state index in [-0.39, 0.29) is 35.2 Å². The van der Waals surface area contributed by atoms with Gasteiger partial charge in [-0.3, -0.25) is 0 Å². The van der Waals surface area contributed by atoms with Crippen LogP contribution in [0.4, 0.5) is 19.0 Å². The number of benzene rings is 2. The van der Waals surface area contributed by atoms with Crippen molar-refractivity contribution in [2.75, 3.05) is 18.6 Å². The van der Waals surface area contributed by atoms with Crippen LogP contribution in [0, 0.1) is 17.5 Å². The van der Waals surface area contributed by atoms with E-state index >= 15 is 0 Å². The second kappa shape index (κ2) is 8.93. The molecule has 170 valence electrons. The van der Waals surface area contributed by atoms with Crippen LogP contribution in [0.3, 0.4) is 0 Å². The number of nitrogens with zero attached hydrogens (tertiary/aromatic N) is 4. The average molecular weight is 454 g/mol. The molecule has 1 atom stereocenters. The van der Waals surface area contributed by atoms with Gasteiger partial charge in [-0.15, -0.1) is 0 Å². The van der Waals surface area contributed by atoms with Crippen LogP contribution < -0.4 is 4.90 Å². The van der Waals surface area contributed by atoms with Crippen molar-refractivity contribution < 1.29 is 22.7 Å². The zero-order chi connectivity index (χ0) is 23.7. The Labute approximate surface area is 188 Å². The molecule has 0 aliphatic rings. The Kier molecular flexibility index (Phi) is 6.04. The van der Waals surface area contributed by atoms with Crippen LogP contribution in [0.15, 0.2) is 54.6 Å². The van der Waals surface area contributed by atoms with Crippen molar-refractivity contribution in [1.82, 2.24) is 14.6 Å². The number of esters is 1. The maximum absolute atomic E-state index is 13.9. The van der Waals surface area contributed by atoms with Gasteiger partial charge in [0.15, 0.2) is 28.8 Å². The summed E-state index contributed by atoms with van der Waals surface area (Å²) in [6.45, 7) is 3.84. The molecule has 9 heteroatoms. The van der Waals surface area contributed by atoms with Gasteiger partial charge >= 0.3 is 5.97 Å². The highest BCUT2D eigenvalue weighted by molar-refractivity contribution is 5.89. The molecule has 0 radical (unpaired) electrons. The molecule has 0 saturated carbocycles. The highest BCUT2D eigenvalue weighted by Gasteiger charge is 2.22. The molecule has 4 rings (SSSR count). The SMILES string of the molecule is CCOC(=O)c1cc2nc(-c3cc(F)c(F)c(F)c3)cc(N(C)C(C)c3ccccc3)n2n1. The van der Waals surface area contributed by atoms with Crippen LogP contribution >= 0.6 is 0 Å². The number of fused-ring (bicyclic) bond motifs is 1. The maximum atomic E-state index is 13.9. The molecule has 4 aromatic rings. The second-order valence-corrected chi connectivity index (χ2v) is 7.47. The first kappa shape index (κ1) is 22.3. The molecule has 0 fully saturated rings. The lowest BCUT2D eigenvalue weighted by molar-refractivity contribution is 0.0519. The van der Waals surface area contributed by atoms with Gasteiger partial charge in [0, 0.05) is 24.7 Å². The second-order valence-electron chi connectivity index (χ2n) is 7.47. The Bertz CT molecular complexity index is 1300. The average Bonchev–Trinajstić information content (AvgIpc) is 3.26. The van der Waals surface area contributed by atoms with Crippen molar-refractivity contribution in [2.24, 2.45) is 0 Å². The van der Waals surface area contributed by atoms with Crippen molar-refractivity contribution in [2.45, 2.75) is 19.9 Å². The van der Waals surface area contributed by atoms with E-state index in [1.807, 2.05) is 49.2 Å². The molecule has 0 aliphatic heterocycles. The van der Waals surface area contributed by atoms with Crippen LogP contribution in [0.5, 0.6) is 0 Å². The normalized spacial score (nSPS) is 12.1. The molecule has 1 unspecified atom stereocenters. The molecule has 0 amide bonds. The van der Waals surface area contributed by atoms with Gasteiger partial charge in [-0.05, 0) is 31.5 Å². The number of ether oxygens (including phenoxy) is 1. The first-order valence-electron chi connectivity index (χ1n) is 10.3. The van der Waals surface area contributed by atoms with Gasteiger partial charge in [-0.2, -0.15) is 9.61 Å². The molecular weight excluding hydrogens is 433 g/mol. The summed E-state index contributed by atoms with van der Waals surface area (Å²) >= 11 is 0. The molecule has 33 heavy (non-hydrogen) atoms. The van der Waals surface area contributed by atoms with Gasteiger partial charge in [-0.25, -0.2) is 22.9 Å². The van der Waals surface area contributed by atoms with Gasteiger partial charge in [0.1, 0.15) is 5.82 Å². The minimum Gasteiger partial charge on any atom is -0.461 e. The van der Waals surface area contributed by atoms with Crippen LogP contribution in [-0.4, -0.2) is 34.2 Å². The number of aromatic nitrogens is 3. The van der Waals surface area contributed by atoms with Crippen LogP contribution in [0.25, 0.3) is 16.9 Å². The Morgan fingerprint density at radius 3 is 2.39 bits per heavy atom. The first-order chi connectivity index (χ1) is 15.8. The number of halogens is 3. The predicted molar refractivity (Wildman–Crippen MR) is 118 cm³/mol. The van der Waals surface area contributed by atoms with Crippen LogP contribution in [0.2, 0.25) is 0 Å². The van der Waals surface area contributed by atoms with Crippen molar-refractivity contribution in [3.8, 4) is 11.3 Å². The van der Waals surface area contributed by atoms with Gasteiger partial charge < -0.3 is 9.64 Å². The third kappa shape index (κ3) is 4.26. The minimum absolute atomic E-state index is 0.0416. The standard InChI is InChI=1S/C24H21F3N4O2/c1-4-33-24(32)20-12-21-28-19(16-10-17(25)23(27)18(26)11-16)13-22(31(21)29-20)30(3)14(2)15-8-6-5-7-9-15/h5-14H,4H2,1-3H3. The summed E-state index contributed by atoms with van der Waals surface area (Å²) in [5.74, 6) is -4.30. The van der Waals surface area contributed by atoms with Crippen molar-refractivity contribution in [3.63, 3.8) is 0 Å². The van der Waals surface area contributed by atoms with E-state index in [1.54, 1.807) is 13.0 Å². The fourth-order valence-electron chi connectivity index (χ4n) is 3.52. The van der Waals surface area contributed by atoms with E-state index < -0.39 is 23.4 Å². The van der Waals surface area contributed by atoms with E-state index in [2.05, 4.69) is 10.1 Å². The lowest BCUT2D eigenvalue weighted by Crippen LogP contribution is -2.24. The van der Waals surface area contributed by atoms with Crippen LogP contribution in [0.1, 0.15) is 35.9 Å². The van der Waals surface area contributed by atoms with Crippen LogP contribution in [-0.2, 0) is 4.74 Å². The molecule has 2 heterocycles. The van der Waals surface area contributed by atoms with Gasteiger partial charge in [0.25, 0.3) is 0 Å². The number of rotatable bonds is 6. The molecule has 0 bridgehead atoms. The zero-order valence-corrected chi connectivity index (χ0v) is 18.2. The topological polar surface area (TPSA) is 59.7 Å². The quantitative estimate of drug-likeness (QED) is 0.297. The zero-order valence-electron chi connectivity index (χ0n) is 18.2. The largest absolute Gasteiger partial charge is 0.461 e. The van der Waals surface area contributed by atoms with E-state index in [4.69, 9.17) is 4.74 Å². The molecule has 0 aliphatic carbocycles. The fourth-order valence-corrected chi connectivity index (χ4v) is 3.52. The summed E-state index contributed by atoms with van der Waals surface area (Å²) in [5.41, 5.74) is 1.57. The van der Waals surface area contributed by atoms with Gasteiger partial charge in [0.05, 0.1) is 18.3 Å². The summed E-state index contributed by atoms with van der Waals surface area (Å²) in [4.78, 5) is 18.6. The van der Waals surface area contributed by atoms with Crippen molar-refractivity contribution in [1.29, 1.82) is 0 Å². The van der Waals surface area contributed by atoms with E-state index in [0.29, 0.717) is 5.82 Å². The number of anilines is 1. The lowest BCUT2D eigenvalue weighted by atomic mass is 10.1. The lowest BCUT2D eigenvalue weighted by Gasteiger charge is -2.28. The number of hydrogen-bond acceptors (Lipinski definition) is 5. The monoisotopic (exact) mass is 454 g/mol. The fraction of sp³-hybridized carbons (Fsp3) is 0.208. The molecule has 0 saturated heterocycles. The van der Waals surface area contributed by atoms with E-state index in [1.165, 1.54) is 10.6 Å². The highest BCUT2D eigenvalue weighted by atomic mass is 19.2. The van der Waals surface area contributed by atoms with E-state index in [0.717, 1.165) is 17.7 Å². The third-order valence-electron chi connectivity index (χ3n) is 5.40. The smallest absolute Gasteiger partial charge is 0.358 e. The van der Waals surface area contributed by atoms with Gasteiger partial charge in [-0.1, -0.05) is 30.3 Å². The Morgan fingerprint density at radius 1 is 1.09 bits per heavy atom. The summed E-state index contributed by atoms with van der Waals surface area (Å²) in [6.07, 6.45) is 0. The number of carbonyl (C=O) groups is 1. The molecular formula is C24H21F3N4O2. The Morgan fingerprint density at radius 2 is 1.76 bits per heavy atom. The Balaban J connectivity index is 1.89. The predicted octanol–water partition coefficient (Wildman–Crippen LogP) is 5.19. The number of hydrogen-bond donors (Lipinski definition) is 0.